The van der Waals surface area contributed by atoms with Gasteiger partial charge in [-0.05, 0) is 111 Å². The number of hydrogen-bond donors (Lipinski definition) is 7. The van der Waals surface area contributed by atoms with Gasteiger partial charge in [-0.25, -0.2) is 0 Å². The molecule has 4 fully saturated rings. The number of rotatable bonds is 22. The predicted molar refractivity (Wildman–Crippen MR) is 228 cm³/mol. The summed E-state index contributed by atoms with van der Waals surface area (Å²) in [5.74, 6) is 1.42. The largest absolute Gasteiger partial charge is 0.481 e. The van der Waals surface area contributed by atoms with Crippen LogP contribution in [0, 0.1) is 40.4 Å². The van der Waals surface area contributed by atoms with Crippen molar-refractivity contribution in [3.8, 4) is 0 Å². The fourth-order valence-electron chi connectivity index (χ4n) is 10.5. The molecule has 0 heterocycles. The minimum Gasteiger partial charge on any atom is -0.481 e. The van der Waals surface area contributed by atoms with E-state index in [0.29, 0.717) is 23.7 Å². The van der Waals surface area contributed by atoms with Crippen molar-refractivity contribution < 1.29 is 53.9 Å². The van der Waals surface area contributed by atoms with Crippen LogP contribution in [0.25, 0.3) is 0 Å². The molecule has 8 atom stereocenters. The summed E-state index contributed by atoms with van der Waals surface area (Å²) < 4.78 is 10.5. The monoisotopic (exact) mass is 842 g/mol. The zero-order chi connectivity index (χ0) is 44.3. The number of fused-ring (bicyclic) bond motifs is 5. The number of carbonyl (C=O) groups excluding carboxylic acids is 2. The number of aliphatic carboxylic acids is 3. The highest BCUT2D eigenvalue weighted by Gasteiger charge is 2.59. The number of carboxylic acids is 3. The van der Waals surface area contributed by atoms with E-state index >= 15 is 0 Å². The van der Waals surface area contributed by atoms with Gasteiger partial charge in [-0.2, -0.15) is 0 Å². The second kappa shape index (κ2) is 30.3. The van der Waals surface area contributed by atoms with Gasteiger partial charge in [-0.15, -0.1) is 0 Å². The Kier molecular flexibility index (Phi) is 27.8. The number of aliphatic hydroxyl groups excluding tert-OH is 1. The fraction of sp³-hybridized carbons (Fsp3) is 0.889. The van der Waals surface area contributed by atoms with E-state index in [4.69, 9.17) is 42.0 Å². The number of carboxylic acid groups (broad SMARTS) is 3. The minimum absolute atomic E-state index is 0.0694. The molecule has 4 saturated carbocycles. The topological polar surface area (TPSA) is 263 Å². The van der Waals surface area contributed by atoms with Gasteiger partial charge in [0.05, 0.1) is 19.3 Å². The lowest BCUT2D eigenvalue weighted by Crippen LogP contribution is -2.52. The molecule has 4 rings (SSSR count). The molecule has 0 aromatic carbocycles. The van der Waals surface area contributed by atoms with E-state index in [1.165, 1.54) is 89.9 Å². The molecule has 0 aliphatic heterocycles. The first-order chi connectivity index (χ1) is 28.1. The molecule has 0 saturated heterocycles. The summed E-state index contributed by atoms with van der Waals surface area (Å²) in [6.07, 6.45) is 24.3. The summed E-state index contributed by atoms with van der Waals surface area (Å²) in [6, 6.07) is 0. The van der Waals surface area contributed by atoms with E-state index in [1.807, 2.05) is 0 Å². The van der Waals surface area contributed by atoms with Crippen LogP contribution in [0.3, 0.4) is 0 Å². The van der Waals surface area contributed by atoms with Crippen molar-refractivity contribution in [2.24, 2.45) is 57.6 Å². The van der Waals surface area contributed by atoms with Crippen molar-refractivity contribution >= 4 is 29.8 Å². The van der Waals surface area contributed by atoms with Gasteiger partial charge in [-0.3, -0.25) is 24.0 Å². The Bertz CT molecular complexity index is 1180. The number of esters is 2. The van der Waals surface area contributed by atoms with Gasteiger partial charge in [0.1, 0.15) is 19.3 Å². The second-order valence-electron chi connectivity index (χ2n) is 17.8. The third-order valence-electron chi connectivity index (χ3n) is 13.6. The Morgan fingerprint density at radius 1 is 0.593 bits per heavy atom. The van der Waals surface area contributed by atoms with Crippen molar-refractivity contribution in [2.75, 3.05) is 32.8 Å². The van der Waals surface area contributed by atoms with Crippen LogP contribution in [-0.4, -0.2) is 89.2 Å². The quantitative estimate of drug-likeness (QED) is 0.0426. The molecule has 10 N–H and O–H groups in total. The van der Waals surface area contributed by atoms with Gasteiger partial charge in [0.25, 0.3) is 0 Å². The molecule has 4 aliphatic rings. The van der Waals surface area contributed by atoms with Crippen molar-refractivity contribution in [1.29, 1.82) is 0 Å². The first kappa shape index (κ1) is 54.2. The number of aliphatic hydroxyl groups is 1. The summed E-state index contributed by atoms with van der Waals surface area (Å²) in [7, 11) is 0. The molecule has 0 aromatic rings. The van der Waals surface area contributed by atoms with E-state index in [9.17, 15) is 29.1 Å². The minimum atomic E-state index is -0.956. The number of hydrogen-bond acceptors (Lipinski definition) is 11. The molecule has 7 unspecified atom stereocenters. The van der Waals surface area contributed by atoms with Crippen LogP contribution >= 0.6 is 0 Å². The van der Waals surface area contributed by atoms with Crippen LogP contribution < -0.4 is 17.2 Å². The Hall–Kier alpha value is -2.81. The zero-order valence-electron chi connectivity index (χ0n) is 36.8. The third-order valence-corrected chi connectivity index (χ3v) is 13.6. The van der Waals surface area contributed by atoms with Gasteiger partial charge in [0, 0.05) is 32.5 Å². The number of carbonyl (C=O) groups is 5. The Labute approximate surface area is 354 Å². The van der Waals surface area contributed by atoms with Crippen molar-refractivity contribution in [2.45, 2.75) is 181 Å². The maximum absolute atomic E-state index is 12.4. The lowest BCUT2D eigenvalue weighted by molar-refractivity contribution is -0.152. The average Bonchev–Trinajstić information content (AvgIpc) is 3.52. The standard InChI is InChI=1S/C36H62O5.3C3H7NO2/c1-4-5-6-7-8-9-10-16-33(38)40-25-29(37)26-41-34(39)17-13-15-28-19-21-31-30-20-18-27-14-11-12-23-35(27,2)32(30)22-24-36(28,31)3;3*4-2-1-3(5)6/h27-32,37H,4-26H2,1-3H3;3*1-2,4H2,(H,5,6)/t27?,28-,29?,30?,31?,32?,35?,36?;;;/m0.../s1. The normalized spacial score (nSPS) is 26.9. The maximum atomic E-state index is 12.4. The molecule has 59 heavy (non-hydrogen) atoms. The van der Waals surface area contributed by atoms with Gasteiger partial charge in [0.15, 0.2) is 0 Å². The molecule has 14 nitrogen and oxygen atoms in total. The molecule has 0 bridgehead atoms. The highest BCUT2D eigenvalue weighted by Crippen LogP contribution is 2.67. The smallest absolute Gasteiger partial charge is 0.305 e. The fourth-order valence-corrected chi connectivity index (χ4v) is 10.5. The first-order valence-electron chi connectivity index (χ1n) is 22.8. The van der Waals surface area contributed by atoms with Crippen molar-refractivity contribution in [3.05, 3.63) is 0 Å². The summed E-state index contributed by atoms with van der Waals surface area (Å²) >= 11 is 0. The zero-order valence-corrected chi connectivity index (χ0v) is 36.8. The van der Waals surface area contributed by atoms with Crippen LogP contribution in [0.2, 0.25) is 0 Å². The summed E-state index contributed by atoms with van der Waals surface area (Å²) in [4.78, 5) is 52.9. The van der Waals surface area contributed by atoms with E-state index in [2.05, 4.69) is 20.8 Å². The van der Waals surface area contributed by atoms with Gasteiger partial charge < -0.3 is 47.1 Å². The average molecular weight is 842 g/mol. The molecule has 0 amide bonds. The Morgan fingerprint density at radius 3 is 1.61 bits per heavy atom. The van der Waals surface area contributed by atoms with Gasteiger partial charge in [0.2, 0.25) is 0 Å². The van der Waals surface area contributed by atoms with Crippen LogP contribution in [0.5, 0.6) is 0 Å². The SMILES string of the molecule is CCCCCCCCCC(=O)OCC(O)COC(=O)CCC[C@H]1CCC2C3CCC4CCCCC4(C)C3CCC21C.NCCC(=O)O.NCCC(=O)O.NCCC(=O)O. The molecule has 344 valence electrons. The van der Waals surface area contributed by atoms with Crippen LogP contribution in [-0.2, 0) is 33.4 Å². The molecule has 0 aromatic heterocycles. The number of ether oxygens (including phenoxy) is 2. The first-order valence-corrected chi connectivity index (χ1v) is 22.8. The number of unbranched alkanes of at least 4 members (excludes halogenated alkanes) is 6. The van der Waals surface area contributed by atoms with Crippen LogP contribution in [0.15, 0.2) is 0 Å². The van der Waals surface area contributed by atoms with Crippen molar-refractivity contribution in [1.82, 2.24) is 0 Å². The van der Waals surface area contributed by atoms with E-state index in [0.717, 1.165) is 61.7 Å². The molecule has 4 aliphatic carbocycles. The second-order valence-corrected chi connectivity index (χ2v) is 17.8. The summed E-state index contributed by atoms with van der Waals surface area (Å²) in [5.41, 5.74) is 15.6. The molecular formula is C45H83N3O11. The van der Waals surface area contributed by atoms with E-state index in [1.54, 1.807) is 0 Å². The highest BCUT2D eigenvalue weighted by atomic mass is 16.6. The van der Waals surface area contributed by atoms with Crippen LogP contribution in [0.4, 0.5) is 0 Å². The highest BCUT2D eigenvalue weighted by molar-refractivity contribution is 5.70. The summed E-state index contributed by atoms with van der Waals surface area (Å²) in [5, 5.41) is 33.6. The number of nitrogens with two attached hydrogens (primary N) is 3. The van der Waals surface area contributed by atoms with E-state index < -0.39 is 24.0 Å². The maximum Gasteiger partial charge on any atom is 0.305 e. The Morgan fingerprint density at radius 2 is 1.10 bits per heavy atom. The lowest BCUT2D eigenvalue weighted by atomic mass is 9.45. The van der Waals surface area contributed by atoms with Gasteiger partial charge in [-0.1, -0.05) is 72.1 Å². The summed E-state index contributed by atoms with van der Waals surface area (Å²) in [6.45, 7) is 7.94. The van der Waals surface area contributed by atoms with Crippen molar-refractivity contribution in [3.63, 3.8) is 0 Å². The molecule has 0 radical (unpaired) electrons. The van der Waals surface area contributed by atoms with Crippen LogP contribution in [0.1, 0.15) is 175 Å². The molecule has 14 heteroatoms. The lowest BCUT2D eigenvalue weighted by Gasteiger charge is -2.60. The Balaban J connectivity index is 0.000000805. The van der Waals surface area contributed by atoms with Gasteiger partial charge >= 0.3 is 29.8 Å². The molecule has 0 spiro atoms. The molecular weight excluding hydrogens is 759 g/mol. The third kappa shape index (κ3) is 20.5. The predicted octanol–water partition coefficient (Wildman–Crippen LogP) is 7.05. The van der Waals surface area contributed by atoms with E-state index in [-0.39, 0.29) is 64.0 Å².